The number of hydrogen-bond acceptors (Lipinski definition) is 2. The zero-order valence-electron chi connectivity index (χ0n) is 8.36. The molecule has 1 amide bonds. The number of hydrogen-bond donors (Lipinski definition) is 0. The van der Waals surface area contributed by atoms with E-state index in [0.29, 0.717) is 12.5 Å². The number of nitrogens with zero attached hydrogens (tertiary/aromatic N) is 1. The third-order valence-corrected chi connectivity index (χ3v) is 2.47. The van der Waals surface area contributed by atoms with Crippen LogP contribution in [-0.4, -0.2) is 24.6 Å². The van der Waals surface area contributed by atoms with E-state index in [0.717, 1.165) is 11.3 Å². The summed E-state index contributed by atoms with van der Waals surface area (Å²) in [6, 6.07) is 0. The van der Waals surface area contributed by atoms with Gasteiger partial charge in [-0.15, -0.1) is 0 Å². The van der Waals surface area contributed by atoms with Crippen molar-refractivity contribution >= 4 is 6.09 Å². The van der Waals surface area contributed by atoms with Gasteiger partial charge in [0.15, 0.2) is 0 Å². The monoisotopic (exact) mass is 191 g/mol. The summed E-state index contributed by atoms with van der Waals surface area (Å²) < 4.78 is 4.99. The van der Waals surface area contributed by atoms with Crippen LogP contribution in [0.15, 0.2) is 35.6 Å². The number of ether oxygens (including phenoxy) is 1. The van der Waals surface area contributed by atoms with Gasteiger partial charge in [0, 0.05) is 12.6 Å². The van der Waals surface area contributed by atoms with Crippen molar-refractivity contribution in [1.82, 2.24) is 4.90 Å². The van der Waals surface area contributed by atoms with Crippen LogP contribution in [0.1, 0.15) is 6.92 Å². The lowest BCUT2D eigenvalue weighted by Crippen LogP contribution is -2.32. The largest absolute Gasteiger partial charge is 0.444 e. The van der Waals surface area contributed by atoms with Crippen molar-refractivity contribution < 1.29 is 9.53 Å². The van der Waals surface area contributed by atoms with Crippen LogP contribution in [0.5, 0.6) is 0 Å². The van der Waals surface area contributed by atoms with Crippen LogP contribution in [0.3, 0.4) is 0 Å². The van der Waals surface area contributed by atoms with Crippen LogP contribution in [0.25, 0.3) is 0 Å². The number of rotatable bonds is 0. The molecule has 0 radical (unpaired) electrons. The molecule has 1 aliphatic heterocycles. The molecule has 74 valence electrons. The van der Waals surface area contributed by atoms with Gasteiger partial charge >= 0.3 is 6.09 Å². The summed E-state index contributed by atoms with van der Waals surface area (Å²) in [5.41, 5.74) is 2.01. The summed E-state index contributed by atoms with van der Waals surface area (Å²) in [5, 5.41) is 0. The summed E-state index contributed by atoms with van der Waals surface area (Å²) in [6.45, 7) is 2.49. The van der Waals surface area contributed by atoms with Crippen molar-refractivity contribution in [3.8, 4) is 0 Å². The lowest BCUT2D eigenvalue weighted by atomic mass is 10.1. The number of cyclic esters (lactones) is 1. The molecular formula is C11H13NO2. The van der Waals surface area contributed by atoms with Crippen molar-refractivity contribution in [2.24, 2.45) is 5.92 Å². The van der Waals surface area contributed by atoms with Gasteiger partial charge < -0.3 is 4.74 Å². The first kappa shape index (κ1) is 9.06. The van der Waals surface area contributed by atoms with Crippen molar-refractivity contribution in [1.29, 1.82) is 0 Å². The molecule has 0 aromatic heterocycles. The van der Waals surface area contributed by atoms with Gasteiger partial charge in [0.25, 0.3) is 0 Å². The van der Waals surface area contributed by atoms with Crippen LogP contribution >= 0.6 is 0 Å². The molecule has 2 aliphatic rings. The highest BCUT2D eigenvalue weighted by Crippen LogP contribution is 2.22. The predicted molar refractivity (Wildman–Crippen MR) is 53.6 cm³/mol. The molecule has 0 fully saturated rings. The second-order valence-electron chi connectivity index (χ2n) is 3.60. The van der Waals surface area contributed by atoms with Crippen LogP contribution in [0.4, 0.5) is 4.79 Å². The Morgan fingerprint density at radius 2 is 2.14 bits per heavy atom. The quantitative estimate of drug-likeness (QED) is 0.586. The molecule has 0 N–H and O–H groups in total. The van der Waals surface area contributed by atoms with E-state index in [1.165, 1.54) is 4.90 Å². The van der Waals surface area contributed by atoms with Gasteiger partial charge in [-0.1, -0.05) is 25.2 Å². The molecule has 3 heteroatoms. The molecule has 0 bridgehead atoms. The molecule has 0 saturated heterocycles. The highest BCUT2D eigenvalue weighted by Gasteiger charge is 2.22. The number of likely N-dealkylation sites (N-methyl/N-ethyl adjacent to an activating group) is 1. The van der Waals surface area contributed by atoms with Crippen molar-refractivity contribution in [2.45, 2.75) is 6.92 Å². The number of carbonyl (C=O) groups excluding carboxylic acids is 1. The van der Waals surface area contributed by atoms with Gasteiger partial charge in [-0.25, -0.2) is 4.79 Å². The molecular weight excluding hydrogens is 178 g/mol. The van der Waals surface area contributed by atoms with E-state index >= 15 is 0 Å². The maximum Gasteiger partial charge on any atom is 0.414 e. The normalized spacial score (nSPS) is 26.0. The molecule has 1 heterocycles. The van der Waals surface area contributed by atoms with Gasteiger partial charge in [-0.2, -0.15) is 0 Å². The smallest absolute Gasteiger partial charge is 0.414 e. The summed E-state index contributed by atoms with van der Waals surface area (Å²) in [6.07, 6.45) is 7.92. The lowest BCUT2D eigenvalue weighted by Gasteiger charge is -2.25. The Morgan fingerprint density at radius 1 is 1.43 bits per heavy atom. The van der Waals surface area contributed by atoms with Crippen LogP contribution in [0, 0.1) is 5.92 Å². The first-order chi connectivity index (χ1) is 6.68. The van der Waals surface area contributed by atoms with E-state index < -0.39 is 0 Å². The molecule has 2 rings (SSSR count). The maximum atomic E-state index is 11.3. The molecule has 14 heavy (non-hydrogen) atoms. The van der Waals surface area contributed by atoms with Crippen molar-refractivity contribution in [3.05, 3.63) is 35.6 Å². The van der Waals surface area contributed by atoms with Crippen LogP contribution in [-0.2, 0) is 4.74 Å². The Hall–Kier alpha value is -1.51. The molecule has 0 aromatic rings. The topological polar surface area (TPSA) is 29.5 Å². The van der Waals surface area contributed by atoms with E-state index in [-0.39, 0.29) is 6.09 Å². The summed E-state index contributed by atoms with van der Waals surface area (Å²) in [5.74, 6) is 0.407. The zero-order chi connectivity index (χ0) is 10.1. The number of amides is 1. The fraction of sp³-hybridized carbons (Fsp3) is 0.364. The van der Waals surface area contributed by atoms with Crippen molar-refractivity contribution in [2.75, 3.05) is 13.7 Å². The third-order valence-electron chi connectivity index (χ3n) is 2.47. The minimum absolute atomic E-state index is 0.281. The SMILES string of the molecule is CC1C=CC2=C(C=C1)N(C)C(=O)OC2. The summed E-state index contributed by atoms with van der Waals surface area (Å²) in [4.78, 5) is 12.8. The molecule has 0 aromatic carbocycles. The van der Waals surface area contributed by atoms with Gasteiger partial charge in [0.05, 0.1) is 5.70 Å². The van der Waals surface area contributed by atoms with E-state index in [1.807, 2.05) is 12.2 Å². The van der Waals surface area contributed by atoms with Gasteiger partial charge in [0.1, 0.15) is 6.61 Å². The Balaban J connectivity index is 2.39. The Bertz CT molecular complexity index is 352. The number of carbonyl (C=O) groups is 1. The average Bonchev–Trinajstić information content (AvgIpc) is 2.35. The van der Waals surface area contributed by atoms with E-state index in [1.54, 1.807) is 7.05 Å². The van der Waals surface area contributed by atoms with Gasteiger partial charge in [0.2, 0.25) is 0 Å². The minimum atomic E-state index is -0.281. The molecule has 1 aliphatic carbocycles. The fourth-order valence-corrected chi connectivity index (χ4v) is 1.55. The Morgan fingerprint density at radius 3 is 2.93 bits per heavy atom. The first-order valence-electron chi connectivity index (χ1n) is 4.68. The fourth-order valence-electron chi connectivity index (χ4n) is 1.55. The molecule has 0 spiro atoms. The van der Waals surface area contributed by atoms with Gasteiger partial charge in [-0.05, 0) is 12.0 Å². The Kier molecular flexibility index (Phi) is 2.15. The second kappa shape index (κ2) is 3.33. The van der Waals surface area contributed by atoms with Crippen LogP contribution < -0.4 is 0 Å². The van der Waals surface area contributed by atoms with Crippen LogP contribution in [0.2, 0.25) is 0 Å². The summed E-state index contributed by atoms with van der Waals surface area (Å²) >= 11 is 0. The highest BCUT2D eigenvalue weighted by atomic mass is 16.6. The molecule has 3 nitrogen and oxygen atoms in total. The minimum Gasteiger partial charge on any atom is -0.444 e. The predicted octanol–water partition coefficient (Wildman–Crippen LogP) is 2.08. The second-order valence-corrected chi connectivity index (χ2v) is 3.60. The Labute approximate surface area is 83.3 Å². The van der Waals surface area contributed by atoms with Gasteiger partial charge in [-0.3, -0.25) is 4.90 Å². The maximum absolute atomic E-state index is 11.3. The lowest BCUT2D eigenvalue weighted by molar-refractivity contribution is 0.121. The summed E-state index contributed by atoms with van der Waals surface area (Å²) in [7, 11) is 1.73. The molecule has 1 unspecified atom stereocenters. The van der Waals surface area contributed by atoms with E-state index in [2.05, 4.69) is 19.1 Å². The number of allylic oxidation sites excluding steroid dienone is 3. The zero-order valence-corrected chi connectivity index (χ0v) is 8.36. The highest BCUT2D eigenvalue weighted by molar-refractivity contribution is 5.73. The van der Waals surface area contributed by atoms with Crippen molar-refractivity contribution in [3.63, 3.8) is 0 Å². The van der Waals surface area contributed by atoms with E-state index in [4.69, 9.17) is 4.74 Å². The standard InChI is InChI=1S/C11H13NO2/c1-8-3-5-9-7-14-11(13)12(2)10(9)6-4-8/h3-6,8H,7H2,1-2H3. The first-order valence-corrected chi connectivity index (χ1v) is 4.68. The van der Waals surface area contributed by atoms with E-state index in [9.17, 15) is 4.79 Å². The third kappa shape index (κ3) is 1.45. The molecule has 1 atom stereocenters. The molecule has 0 saturated carbocycles. The average molecular weight is 191 g/mol.